The predicted molar refractivity (Wildman–Crippen MR) is 110 cm³/mol. The Morgan fingerprint density at radius 1 is 1.21 bits per heavy atom. The fraction of sp³-hybridized carbons (Fsp3) is 0.429. The van der Waals surface area contributed by atoms with Crippen LogP contribution in [0.2, 0.25) is 0 Å². The minimum Gasteiger partial charge on any atom is -0.378 e. The van der Waals surface area contributed by atoms with E-state index in [0.717, 1.165) is 62.2 Å². The van der Waals surface area contributed by atoms with Crippen molar-refractivity contribution in [3.05, 3.63) is 59.5 Å². The molecule has 7 heteroatoms. The molecule has 1 aliphatic rings. The first-order valence-electron chi connectivity index (χ1n) is 9.79. The van der Waals surface area contributed by atoms with Gasteiger partial charge in [0.05, 0.1) is 19.8 Å². The van der Waals surface area contributed by atoms with Crippen molar-refractivity contribution in [2.45, 2.75) is 19.9 Å². The molecule has 2 N–H and O–H groups in total. The van der Waals surface area contributed by atoms with E-state index in [1.54, 1.807) is 12.1 Å². The maximum absolute atomic E-state index is 13.3. The van der Waals surface area contributed by atoms with E-state index in [1.807, 2.05) is 25.3 Å². The number of anilines is 1. The number of rotatable bonds is 7. The molecule has 0 amide bonds. The summed E-state index contributed by atoms with van der Waals surface area (Å²) < 4.78 is 18.7. The first-order valence-corrected chi connectivity index (χ1v) is 9.79. The van der Waals surface area contributed by atoms with E-state index < -0.39 is 0 Å². The van der Waals surface area contributed by atoms with Crippen molar-refractivity contribution in [2.24, 2.45) is 4.99 Å². The smallest absolute Gasteiger partial charge is 0.191 e. The van der Waals surface area contributed by atoms with Crippen LogP contribution in [0.3, 0.4) is 0 Å². The lowest BCUT2D eigenvalue weighted by Gasteiger charge is -2.29. The Bertz CT molecular complexity index is 777. The van der Waals surface area contributed by atoms with Gasteiger partial charge in [-0.25, -0.2) is 14.4 Å². The topological polar surface area (TPSA) is 61.8 Å². The van der Waals surface area contributed by atoms with Crippen LogP contribution in [0.5, 0.6) is 0 Å². The molecule has 0 atom stereocenters. The van der Waals surface area contributed by atoms with Gasteiger partial charge in [-0.3, -0.25) is 0 Å². The lowest BCUT2D eigenvalue weighted by molar-refractivity contribution is 0.122. The summed E-state index contributed by atoms with van der Waals surface area (Å²) in [6.45, 7) is 7.17. The fourth-order valence-electron chi connectivity index (χ4n) is 3.14. The summed E-state index contributed by atoms with van der Waals surface area (Å²) in [6, 6.07) is 10.7. The summed E-state index contributed by atoms with van der Waals surface area (Å²) in [7, 11) is 0. The molecular weight excluding hydrogens is 357 g/mol. The van der Waals surface area contributed by atoms with Gasteiger partial charge in [-0.1, -0.05) is 18.2 Å². The molecule has 3 rings (SSSR count). The Labute approximate surface area is 165 Å². The predicted octanol–water partition coefficient (Wildman–Crippen LogP) is 2.36. The molecular formula is C21H28FN5O. The maximum atomic E-state index is 13.3. The summed E-state index contributed by atoms with van der Waals surface area (Å²) in [5.41, 5.74) is 2.05. The van der Waals surface area contributed by atoms with Crippen molar-refractivity contribution < 1.29 is 9.13 Å². The number of aromatic nitrogens is 1. The van der Waals surface area contributed by atoms with Gasteiger partial charge in [0.1, 0.15) is 11.6 Å². The average Bonchev–Trinajstić information content (AvgIpc) is 2.73. The third-order valence-electron chi connectivity index (χ3n) is 4.53. The number of benzene rings is 1. The van der Waals surface area contributed by atoms with Crippen molar-refractivity contribution in [1.29, 1.82) is 0 Å². The monoisotopic (exact) mass is 385 g/mol. The summed E-state index contributed by atoms with van der Waals surface area (Å²) in [5.74, 6) is 1.52. The van der Waals surface area contributed by atoms with E-state index in [9.17, 15) is 4.39 Å². The second-order valence-electron chi connectivity index (χ2n) is 6.59. The zero-order chi connectivity index (χ0) is 19.6. The first-order chi connectivity index (χ1) is 13.8. The van der Waals surface area contributed by atoms with Gasteiger partial charge in [0.15, 0.2) is 5.96 Å². The van der Waals surface area contributed by atoms with Crippen molar-refractivity contribution in [3.63, 3.8) is 0 Å². The lowest BCUT2D eigenvalue weighted by atomic mass is 10.1. The Kier molecular flexibility index (Phi) is 7.61. The Balaban J connectivity index is 1.61. The molecule has 1 fully saturated rings. The van der Waals surface area contributed by atoms with E-state index in [4.69, 9.17) is 9.73 Å². The van der Waals surface area contributed by atoms with Crippen molar-refractivity contribution in [2.75, 3.05) is 44.3 Å². The molecule has 1 saturated heterocycles. The molecule has 0 saturated carbocycles. The van der Waals surface area contributed by atoms with Crippen LogP contribution < -0.4 is 15.5 Å². The standard InChI is InChI=1S/C21H28FN5O/c1-2-23-21(25-10-8-17-5-3-7-19(22)15-17)26-16-18-6-4-9-24-20(18)27-11-13-28-14-12-27/h3-7,9,15H,2,8,10-14,16H2,1H3,(H2,23,25,26). The molecule has 2 aromatic rings. The van der Waals surface area contributed by atoms with E-state index in [1.165, 1.54) is 6.07 Å². The highest BCUT2D eigenvalue weighted by atomic mass is 19.1. The van der Waals surface area contributed by atoms with Crippen LogP contribution in [0.15, 0.2) is 47.6 Å². The van der Waals surface area contributed by atoms with Crippen LogP contribution in [0.4, 0.5) is 10.2 Å². The molecule has 150 valence electrons. The van der Waals surface area contributed by atoms with Crippen LogP contribution in [0, 0.1) is 5.82 Å². The normalized spacial score (nSPS) is 14.8. The van der Waals surface area contributed by atoms with Crippen LogP contribution in [-0.4, -0.2) is 50.3 Å². The van der Waals surface area contributed by atoms with Crippen LogP contribution in [0.1, 0.15) is 18.1 Å². The highest BCUT2D eigenvalue weighted by Crippen LogP contribution is 2.19. The number of nitrogens with zero attached hydrogens (tertiary/aromatic N) is 3. The van der Waals surface area contributed by atoms with Crippen molar-refractivity contribution in [3.8, 4) is 0 Å². The molecule has 2 heterocycles. The highest BCUT2D eigenvalue weighted by molar-refractivity contribution is 5.79. The third kappa shape index (κ3) is 5.92. The number of pyridine rings is 1. The SMILES string of the molecule is CCNC(=NCc1cccnc1N1CCOCC1)NCCc1cccc(F)c1. The van der Waals surface area contributed by atoms with Gasteiger partial charge in [-0.2, -0.15) is 0 Å². The van der Waals surface area contributed by atoms with Gasteiger partial charge in [0.2, 0.25) is 0 Å². The number of aliphatic imine (C=N–C) groups is 1. The van der Waals surface area contributed by atoms with E-state index in [-0.39, 0.29) is 5.82 Å². The summed E-state index contributed by atoms with van der Waals surface area (Å²) in [6.07, 6.45) is 2.55. The molecule has 0 aliphatic carbocycles. The molecule has 6 nitrogen and oxygen atoms in total. The van der Waals surface area contributed by atoms with E-state index in [0.29, 0.717) is 13.1 Å². The second-order valence-corrected chi connectivity index (χ2v) is 6.59. The molecule has 0 spiro atoms. The number of nitrogens with one attached hydrogen (secondary N) is 2. The van der Waals surface area contributed by atoms with E-state index >= 15 is 0 Å². The van der Waals surface area contributed by atoms with Crippen molar-refractivity contribution in [1.82, 2.24) is 15.6 Å². The minimum absolute atomic E-state index is 0.203. The largest absolute Gasteiger partial charge is 0.378 e. The fourth-order valence-corrected chi connectivity index (χ4v) is 3.14. The number of ether oxygens (including phenoxy) is 1. The van der Waals surface area contributed by atoms with Gasteiger partial charge in [-0.15, -0.1) is 0 Å². The van der Waals surface area contributed by atoms with Gasteiger partial charge in [0.25, 0.3) is 0 Å². The number of hydrogen-bond donors (Lipinski definition) is 2. The number of halogens is 1. The quantitative estimate of drug-likeness (QED) is 0.566. The minimum atomic E-state index is -0.203. The van der Waals surface area contributed by atoms with E-state index in [2.05, 4.69) is 26.6 Å². The van der Waals surface area contributed by atoms with Crippen LogP contribution in [0.25, 0.3) is 0 Å². The summed E-state index contributed by atoms with van der Waals surface area (Å²) in [4.78, 5) is 11.5. The maximum Gasteiger partial charge on any atom is 0.191 e. The van der Waals surface area contributed by atoms with Crippen LogP contribution >= 0.6 is 0 Å². The molecule has 28 heavy (non-hydrogen) atoms. The Morgan fingerprint density at radius 3 is 2.86 bits per heavy atom. The molecule has 1 aliphatic heterocycles. The molecule has 1 aromatic carbocycles. The number of guanidine groups is 1. The second kappa shape index (κ2) is 10.6. The molecule has 0 bridgehead atoms. The zero-order valence-electron chi connectivity index (χ0n) is 16.3. The first kappa shape index (κ1) is 20.1. The summed E-state index contributed by atoms with van der Waals surface area (Å²) >= 11 is 0. The molecule has 1 aromatic heterocycles. The third-order valence-corrected chi connectivity index (χ3v) is 4.53. The molecule has 0 radical (unpaired) electrons. The Morgan fingerprint density at radius 2 is 2.07 bits per heavy atom. The summed E-state index contributed by atoms with van der Waals surface area (Å²) in [5, 5.41) is 6.58. The highest BCUT2D eigenvalue weighted by Gasteiger charge is 2.15. The van der Waals surface area contributed by atoms with Crippen molar-refractivity contribution >= 4 is 11.8 Å². The van der Waals surface area contributed by atoms with Gasteiger partial charge >= 0.3 is 0 Å². The Hall–Kier alpha value is -2.67. The van der Waals surface area contributed by atoms with Gasteiger partial charge < -0.3 is 20.3 Å². The van der Waals surface area contributed by atoms with Gasteiger partial charge in [-0.05, 0) is 37.1 Å². The van der Waals surface area contributed by atoms with Crippen LogP contribution in [-0.2, 0) is 17.7 Å². The lowest BCUT2D eigenvalue weighted by Crippen LogP contribution is -2.38. The number of morpholine rings is 1. The van der Waals surface area contributed by atoms with Gasteiger partial charge in [0, 0.05) is 37.9 Å². The average molecular weight is 385 g/mol. The number of hydrogen-bond acceptors (Lipinski definition) is 4. The molecule has 0 unspecified atom stereocenters. The zero-order valence-corrected chi connectivity index (χ0v) is 16.3.